The molecule has 2 N–H and O–H groups in total. The van der Waals surface area contributed by atoms with Crippen molar-refractivity contribution in [2.45, 2.75) is 6.42 Å². The van der Waals surface area contributed by atoms with E-state index in [-0.39, 0.29) is 5.82 Å². The summed E-state index contributed by atoms with van der Waals surface area (Å²) in [5, 5.41) is 3.24. The Hall–Kier alpha value is -3.61. The van der Waals surface area contributed by atoms with Crippen LogP contribution >= 0.6 is 0 Å². The number of pyridine rings is 1. The molecule has 0 atom stereocenters. The van der Waals surface area contributed by atoms with E-state index >= 15 is 0 Å². The minimum Gasteiger partial charge on any atom is -0.354 e. The second-order valence-electron chi connectivity index (χ2n) is 5.93. The van der Waals surface area contributed by atoms with E-state index in [4.69, 9.17) is 0 Å². The number of nitrogens with one attached hydrogen (secondary N) is 2. The summed E-state index contributed by atoms with van der Waals surface area (Å²) in [4.78, 5) is 20.4. The van der Waals surface area contributed by atoms with Gasteiger partial charge in [-0.15, -0.1) is 0 Å². The standard InChI is InChI=1S/C20H17FN6/c21-16-3-1-15(2-4-16)18-17(19-23-11-12-24-19)13-26-20(27-18)25-10-7-14-5-8-22-9-6-14/h1-6,8-9,11-13H,7,10H2,(H,23,24)(H,25,26,27). The molecule has 4 rings (SSSR count). The Kier molecular flexibility index (Phi) is 4.82. The second kappa shape index (κ2) is 7.74. The number of hydrogen-bond acceptors (Lipinski definition) is 5. The van der Waals surface area contributed by atoms with Gasteiger partial charge in [0.25, 0.3) is 0 Å². The van der Waals surface area contributed by atoms with Gasteiger partial charge >= 0.3 is 0 Å². The summed E-state index contributed by atoms with van der Waals surface area (Å²) in [6, 6.07) is 10.2. The lowest BCUT2D eigenvalue weighted by molar-refractivity contribution is 0.628. The molecule has 0 spiro atoms. The topological polar surface area (TPSA) is 79.4 Å². The maximum absolute atomic E-state index is 13.3. The predicted molar refractivity (Wildman–Crippen MR) is 101 cm³/mol. The highest BCUT2D eigenvalue weighted by atomic mass is 19.1. The molecule has 1 aromatic carbocycles. The maximum Gasteiger partial charge on any atom is 0.223 e. The van der Waals surface area contributed by atoms with Gasteiger partial charge in [0.1, 0.15) is 11.6 Å². The lowest BCUT2D eigenvalue weighted by atomic mass is 10.1. The average molecular weight is 360 g/mol. The van der Waals surface area contributed by atoms with Gasteiger partial charge in [0.15, 0.2) is 0 Å². The van der Waals surface area contributed by atoms with Crippen LogP contribution in [-0.4, -0.2) is 31.5 Å². The Bertz CT molecular complexity index is 1000. The van der Waals surface area contributed by atoms with Crippen molar-refractivity contribution < 1.29 is 4.39 Å². The molecule has 0 fully saturated rings. The monoisotopic (exact) mass is 360 g/mol. The number of nitrogens with zero attached hydrogens (tertiary/aromatic N) is 4. The summed E-state index contributed by atoms with van der Waals surface area (Å²) >= 11 is 0. The van der Waals surface area contributed by atoms with E-state index in [1.807, 2.05) is 12.1 Å². The van der Waals surface area contributed by atoms with Gasteiger partial charge in [-0.1, -0.05) is 0 Å². The van der Waals surface area contributed by atoms with E-state index < -0.39 is 0 Å². The van der Waals surface area contributed by atoms with Crippen LogP contribution in [0.25, 0.3) is 22.6 Å². The van der Waals surface area contributed by atoms with Gasteiger partial charge in [-0.3, -0.25) is 4.98 Å². The molecule has 6 nitrogen and oxygen atoms in total. The van der Waals surface area contributed by atoms with E-state index in [9.17, 15) is 4.39 Å². The van der Waals surface area contributed by atoms with E-state index in [0.717, 1.165) is 17.5 Å². The molecule has 7 heteroatoms. The average Bonchev–Trinajstić information content (AvgIpc) is 3.24. The number of benzene rings is 1. The minimum absolute atomic E-state index is 0.289. The number of rotatable bonds is 6. The van der Waals surface area contributed by atoms with Crippen LogP contribution < -0.4 is 5.32 Å². The van der Waals surface area contributed by atoms with Gasteiger partial charge in [0.05, 0.1) is 11.3 Å². The third kappa shape index (κ3) is 3.98. The summed E-state index contributed by atoms with van der Waals surface area (Å²) in [6.45, 7) is 0.687. The first-order valence-electron chi connectivity index (χ1n) is 8.55. The predicted octanol–water partition coefficient (Wildman–Crippen LogP) is 3.72. The lowest BCUT2D eigenvalue weighted by Gasteiger charge is -2.10. The molecule has 3 aromatic heterocycles. The highest BCUT2D eigenvalue weighted by Gasteiger charge is 2.13. The lowest BCUT2D eigenvalue weighted by Crippen LogP contribution is -2.09. The van der Waals surface area contributed by atoms with Gasteiger partial charge in [-0.05, 0) is 48.4 Å². The summed E-state index contributed by atoms with van der Waals surface area (Å²) in [7, 11) is 0. The van der Waals surface area contributed by atoms with E-state index in [2.05, 4.69) is 30.2 Å². The van der Waals surface area contributed by atoms with Crippen molar-refractivity contribution in [1.29, 1.82) is 0 Å². The van der Waals surface area contributed by atoms with Crippen LogP contribution in [0.4, 0.5) is 10.3 Å². The van der Waals surface area contributed by atoms with Crippen LogP contribution in [-0.2, 0) is 6.42 Å². The Morgan fingerprint density at radius 2 is 1.78 bits per heavy atom. The van der Waals surface area contributed by atoms with Crippen molar-refractivity contribution in [3.05, 3.63) is 78.8 Å². The highest BCUT2D eigenvalue weighted by Crippen LogP contribution is 2.28. The molecule has 0 amide bonds. The largest absolute Gasteiger partial charge is 0.354 e. The molecule has 3 heterocycles. The van der Waals surface area contributed by atoms with E-state index in [1.165, 1.54) is 17.7 Å². The number of anilines is 1. The van der Waals surface area contributed by atoms with Crippen molar-refractivity contribution >= 4 is 5.95 Å². The zero-order valence-electron chi connectivity index (χ0n) is 14.4. The zero-order valence-corrected chi connectivity index (χ0v) is 14.4. The molecule has 27 heavy (non-hydrogen) atoms. The molecule has 4 aromatic rings. The number of H-pyrrole nitrogens is 1. The number of aromatic amines is 1. The second-order valence-corrected chi connectivity index (χ2v) is 5.93. The third-order valence-electron chi connectivity index (χ3n) is 4.11. The first kappa shape index (κ1) is 16.8. The van der Waals surface area contributed by atoms with Crippen molar-refractivity contribution in [2.75, 3.05) is 11.9 Å². The molecule has 0 unspecified atom stereocenters. The van der Waals surface area contributed by atoms with Crippen molar-refractivity contribution in [1.82, 2.24) is 24.9 Å². The number of hydrogen-bond donors (Lipinski definition) is 2. The molecule has 0 saturated heterocycles. The van der Waals surface area contributed by atoms with Gasteiger partial charge in [0, 0.05) is 43.1 Å². The van der Waals surface area contributed by atoms with Crippen LogP contribution in [0.3, 0.4) is 0 Å². The normalized spacial score (nSPS) is 10.7. The third-order valence-corrected chi connectivity index (χ3v) is 4.11. The molecule has 0 aliphatic carbocycles. The number of imidazole rings is 1. The van der Waals surface area contributed by atoms with E-state index in [0.29, 0.717) is 24.0 Å². The Morgan fingerprint density at radius 1 is 0.963 bits per heavy atom. The highest BCUT2D eigenvalue weighted by molar-refractivity contribution is 5.77. The molecule has 0 radical (unpaired) electrons. The summed E-state index contributed by atoms with van der Waals surface area (Å²) in [5.74, 6) is 0.888. The van der Waals surface area contributed by atoms with Crippen LogP contribution in [0, 0.1) is 5.82 Å². The maximum atomic E-state index is 13.3. The fourth-order valence-electron chi connectivity index (χ4n) is 2.75. The van der Waals surface area contributed by atoms with Gasteiger partial charge < -0.3 is 10.3 Å². The quantitative estimate of drug-likeness (QED) is 0.548. The molecule has 0 bridgehead atoms. The Balaban J connectivity index is 1.60. The first-order valence-corrected chi connectivity index (χ1v) is 8.55. The van der Waals surface area contributed by atoms with Crippen LogP contribution in [0.2, 0.25) is 0 Å². The molecule has 0 saturated carbocycles. The molecular formula is C20H17FN6. The van der Waals surface area contributed by atoms with Gasteiger partial charge in [0.2, 0.25) is 5.95 Å². The van der Waals surface area contributed by atoms with Crippen molar-refractivity contribution in [3.63, 3.8) is 0 Å². The molecule has 0 aliphatic rings. The first-order chi connectivity index (χ1) is 13.3. The fourth-order valence-corrected chi connectivity index (χ4v) is 2.75. The Labute approximate surface area is 155 Å². The smallest absolute Gasteiger partial charge is 0.223 e. The Morgan fingerprint density at radius 3 is 2.52 bits per heavy atom. The summed E-state index contributed by atoms with van der Waals surface area (Å²) in [5.41, 5.74) is 3.42. The summed E-state index contributed by atoms with van der Waals surface area (Å²) < 4.78 is 13.3. The SMILES string of the molecule is Fc1ccc(-c2nc(NCCc3ccncc3)ncc2-c2ncc[nH]2)cc1. The van der Waals surface area contributed by atoms with Gasteiger partial charge in [-0.25, -0.2) is 19.3 Å². The molecular weight excluding hydrogens is 343 g/mol. The minimum atomic E-state index is -0.289. The van der Waals surface area contributed by atoms with Crippen molar-refractivity contribution in [3.8, 4) is 22.6 Å². The molecule has 134 valence electrons. The van der Waals surface area contributed by atoms with Crippen LogP contribution in [0.15, 0.2) is 67.4 Å². The molecule has 0 aliphatic heterocycles. The van der Waals surface area contributed by atoms with Crippen molar-refractivity contribution in [2.24, 2.45) is 0 Å². The summed E-state index contributed by atoms with van der Waals surface area (Å²) in [6.07, 6.45) is 9.51. The fraction of sp³-hybridized carbons (Fsp3) is 0.100. The van der Waals surface area contributed by atoms with Gasteiger partial charge in [-0.2, -0.15) is 0 Å². The van der Waals surface area contributed by atoms with Crippen LogP contribution in [0.5, 0.6) is 0 Å². The number of halogens is 1. The zero-order chi connectivity index (χ0) is 18.5. The number of aromatic nitrogens is 5. The van der Waals surface area contributed by atoms with E-state index in [1.54, 1.807) is 43.1 Å². The van der Waals surface area contributed by atoms with Crippen LogP contribution in [0.1, 0.15) is 5.56 Å².